The molecule has 0 aromatic carbocycles. The van der Waals surface area contributed by atoms with Crippen LogP contribution in [0.15, 0.2) is 15.0 Å². The molecule has 4 aliphatic rings. The summed E-state index contributed by atoms with van der Waals surface area (Å²) in [5, 5.41) is 4.02. The maximum absolute atomic E-state index is 13.4. The fraction of sp³-hybridized carbons (Fsp3) is 0.783. The molecule has 1 aromatic rings. The quantitative estimate of drug-likeness (QED) is 0.657. The first-order valence-corrected chi connectivity index (χ1v) is 13.9. The molecule has 170 valence electrons. The van der Waals surface area contributed by atoms with Gasteiger partial charge in [0.15, 0.2) is 0 Å². The predicted octanol–water partition coefficient (Wildman–Crippen LogP) is 4.00. The monoisotopic (exact) mass is 447 g/mol. The van der Waals surface area contributed by atoms with Crippen molar-refractivity contribution in [3.8, 4) is 0 Å². The molecule has 1 aliphatic heterocycles. The van der Waals surface area contributed by atoms with Gasteiger partial charge in [-0.1, -0.05) is 43.7 Å². The summed E-state index contributed by atoms with van der Waals surface area (Å²) in [6, 6.07) is 1.75. The van der Waals surface area contributed by atoms with Gasteiger partial charge < -0.3 is 9.42 Å². The van der Waals surface area contributed by atoms with E-state index < -0.39 is 9.73 Å². The van der Waals surface area contributed by atoms with Gasteiger partial charge in [-0.15, -0.1) is 0 Å². The Labute approximate surface area is 184 Å². The Hall–Kier alpha value is -1.70. The van der Waals surface area contributed by atoms with Gasteiger partial charge in [0.25, 0.3) is 11.8 Å². The van der Waals surface area contributed by atoms with Crippen molar-refractivity contribution in [2.45, 2.75) is 70.1 Å². The minimum atomic E-state index is -2.61. The number of carbonyl (C=O) groups is 2. The van der Waals surface area contributed by atoms with Crippen molar-refractivity contribution in [3.05, 3.63) is 17.5 Å². The Balaban J connectivity index is 1.21. The number of carbonyl (C=O) groups excluding carboxylic acids is 2. The lowest BCUT2D eigenvalue weighted by Gasteiger charge is -2.42. The van der Waals surface area contributed by atoms with Gasteiger partial charge in [0.2, 0.25) is 5.76 Å². The third-order valence-corrected chi connectivity index (χ3v) is 10.1. The predicted molar refractivity (Wildman–Crippen MR) is 117 cm³/mol. The van der Waals surface area contributed by atoms with Crippen molar-refractivity contribution in [2.75, 3.05) is 24.6 Å². The summed E-state index contributed by atoms with van der Waals surface area (Å²) in [4.78, 5) is 27.3. The van der Waals surface area contributed by atoms with Crippen molar-refractivity contribution < 1.29 is 18.3 Å². The number of amides is 2. The zero-order valence-corrected chi connectivity index (χ0v) is 19.0. The van der Waals surface area contributed by atoms with Gasteiger partial charge in [0.1, 0.15) is 0 Å². The van der Waals surface area contributed by atoms with E-state index in [0.29, 0.717) is 55.4 Å². The van der Waals surface area contributed by atoms with E-state index in [1.165, 1.54) is 38.5 Å². The molecule has 0 N–H and O–H groups in total. The normalized spacial score (nSPS) is 27.5. The highest BCUT2D eigenvalue weighted by Gasteiger charge is 2.37. The highest BCUT2D eigenvalue weighted by molar-refractivity contribution is 7.93. The minimum Gasteiger partial charge on any atom is -0.351 e. The summed E-state index contributed by atoms with van der Waals surface area (Å²) in [5.41, 5.74) is 0.857. The summed E-state index contributed by atoms with van der Waals surface area (Å²) in [6.45, 7) is 0.842. The summed E-state index contributed by atoms with van der Waals surface area (Å²) in [5.74, 6) is 2.68. The van der Waals surface area contributed by atoms with E-state index in [0.717, 1.165) is 18.5 Å². The van der Waals surface area contributed by atoms with Gasteiger partial charge in [0.05, 0.1) is 15.4 Å². The fourth-order valence-electron chi connectivity index (χ4n) is 5.24. The largest absolute Gasteiger partial charge is 0.351 e. The molecule has 0 bridgehead atoms. The van der Waals surface area contributed by atoms with Gasteiger partial charge in [-0.3, -0.25) is 9.59 Å². The third kappa shape index (κ3) is 4.73. The summed E-state index contributed by atoms with van der Waals surface area (Å²) < 4.78 is 22.9. The lowest BCUT2D eigenvalue weighted by molar-refractivity contribution is -0.120. The molecule has 2 amide bonds. The van der Waals surface area contributed by atoms with Gasteiger partial charge >= 0.3 is 0 Å². The zero-order valence-electron chi connectivity index (χ0n) is 18.2. The van der Waals surface area contributed by atoms with Crippen LogP contribution in [0.25, 0.3) is 0 Å². The number of aromatic nitrogens is 1. The molecule has 8 heteroatoms. The standard InChI is InChI=1S/C23H33N3O4S/c27-22(14-19(16-4-1-5-16)17-6-2-7-17)25-31(29)12-3-10-26(11-13-31)23(28)21-15-20(24-30-21)18-8-9-18/h15-19H,1-14H2. The first-order chi connectivity index (χ1) is 15.0. The van der Waals surface area contributed by atoms with Crippen LogP contribution in [-0.2, 0) is 14.5 Å². The maximum atomic E-state index is 13.4. The molecule has 1 aromatic heterocycles. The average molecular weight is 448 g/mol. The Bertz CT molecular complexity index is 938. The molecule has 4 fully saturated rings. The van der Waals surface area contributed by atoms with Crippen LogP contribution in [0.2, 0.25) is 0 Å². The first kappa shape index (κ1) is 21.2. The maximum Gasteiger partial charge on any atom is 0.292 e. The van der Waals surface area contributed by atoms with Crippen LogP contribution in [0.4, 0.5) is 0 Å². The minimum absolute atomic E-state index is 0.183. The van der Waals surface area contributed by atoms with Crippen LogP contribution in [0.5, 0.6) is 0 Å². The highest BCUT2D eigenvalue weighted by Crippen LogP contribution is 2.46. The molecule has 7 nitrogen and oxygen atoms in total. The van der Waals surface area contributed by atoms with Gasteiger partial charge in [0, 0.05) is 43.0 Å². The van der Waals surface area contributed by atoms with Crippen molar-refractivity contribution in [2.24, 2.45) is 22.1 Å². The Morgan fingerprint density at radius 1 is 1.06 bits per heavy atom. The number of rotatable bonds is 6. The number of nitrogens with zero attached hydrogens (tertiary/aromatic N) is 3. The molecule has 1 atom stereocenters. The second-order valence-corrected chi connectivity index (χ2v) is 12.5. The van der Waals surface area contributed by atoms with E-state index >= 15 is 0 Å². The van der Waals surface area contributed by atoms with Crippen LogP contribution >= 0.6 is 0 Å². The van der Waals surface area contributed by atoms with Crippen LogP contribution in [-0.4, -0.2) is 50.7 Å². The highest BCUT2D eigenvalue weighted by atomic mass is 32.2. The van der Waals surface area contributed by atoms with Gasteiger partial charge in [-0.05, 0) is 37.0 Å². The van der Waals surface area contributed by atoms with Crippen molar-refractivity contribution in [1.82, 2.24) is 10.1 Å². The fourth-order valence-corrected chi connectivity index (χ4v) is 7.16. The lowest BCUT2D eigenvalue weighted by Crippen LogP contribution is -2.34. The number of hydrogen-bond donors (Lipinski definition) is 0. The molecule has 3 aliphatic carbocycles. The second kappa shape index (κ2) is 8.68. The van der Waals surface area contributed by atoms with Crippen molar-refractivity contribution in [3.63, 3.8) is 0 Å². The van der Waals surface area contributed by atoms with Crippen LogP contribution in [0.3, 0.4) is 0 Å². The van der Waals surface area contributed by atoms with E-state index in [1.54, 1.807) is 11.0 Å². The van der Waals surface area contributed by atoms with Crippen molar-refractivity contribution >= 4 is 21.5 Å². The summed E-state index contributed by atoms with van der Waals surface area (Å²) in [7, 11) is -2.61. The molecule has 1 saturated heterocycles. The molecular weight excluding hydrogens is 414 g/mol. The topological polar surface area (TPSA) is 92.8 Å². The van der Waals surface area contributed by atoms with E-state index in [2.05, 4.69) is 9.52 Å². The van der Waals surface area contributed by atoms with Crippen LogP contribution in [0, 0.1) is 17.8 Å². The molecular formula is C23H33N3O4S. The van der Waals surface area contributed by atoms with E-state index in [1.807, 2.05) is 0 Å². The third-order valence-electron chi connectivity index (χ3n) is 7.78. The van der Waals surface area contributed by atoms with Crippen molar-refractivity contribution in [1.29, 1.82) is 0 Å². The first-order valence-electron chi connectivity index (χ1n) is 12.0. The molecule has 1 unspecified atom stereocenters. The molecule has 31 heavy (non-hydrogen) atoms. The van der Waals surface area contributed by atoms with Crippen LogP contribution < -0.4 is 0 Å². The molecule has 5 rings (SSSR count). The molecule has 0 radical (unpaired) electrons. The zero-order chi connectivity index (χ0) is 21.4. The van der Waals surface area contributed by atoms with Gasteiger partial charge in [-0.25, -0.2) is 4.21 Å². The SMILES string of the molecule is O=C(CC(C1CCC1)C1CCC1)N=S1(=O)CCCN(C(=O)c2cc(C3CC3)no2)CC1. The number of hydrogen-bond acceptors (Lipinski definition) is 5. The van der Waals surface area contributed by atoms with Crippen LogP contribution in [0.1, 0.15) is 86.4 Å². The molecule has 0 spiro atoms. The lowest BCUT2D eigenvalue weighted by atomic mass is 9.63. The molecule has 3 saturated carbocycles. The van der Waals surface area contributed by atoms with E-state index in [4.69, 9.17) is 4.52 Å². The Kier molecular flexibility index (Phi) is 5.92. The Morgan fingerprint density at radius 3 is 2.39 bits per heavy atom. The van der Waals surface area contributed by atoms with E-state index in [9.17, 15) is 13.8 Å². The van der Waals surface area contributed by atoms with E-state index in [-0.39, 0.29) is 23.3 Å². The summed E-state index contributed by atoms with van der Waals surface area (Å²) in [6.07, 6.45) is 10.7. The van der Waals surface area contributed by atoms with Gasteiger partial charge in [-0.2, -0.15) is 4.36 Å². The average Bonchev–Trinajstić information content (AvgIpc) is 3.41. The summed E-state index contributed by atoms with van der Waals surface area (Å²) >= 11 is 0. The smallest absolute Gasteiger partial charge is 0.292 e. The Morgan fingerprint density at radius 2 is 1.77 bits per heavy atom. The second-order valence-electron chi connectivity index (χ2n) is 9.95. The molecule has 2 heterocycles.